The predicted molar refractivity (Wildman–Crippen MR) is 107 cm³/mol. The van der Waals surface area contributed by atoms with Gasteiger partial charge in [-0.15, -0.1) is 0 Å². The van der Waals surface area contributed by atoms with Crippen molar-refractivity contribution in [1.29, 1.82) is 0 Å². The van der Waals surface area contributed by atoms with E-state index in [2.05, 4.69) is 20.5 Å². The molecular formula is C21H21N5O4. The number of aliphatic hydroxyl groups is 1. The van der Waals surface area contributed by atoms with Crippen LogP contribution in [0.5, 0.6) is 0 Å². The molecule has 154 valence electrons. The number of fused-ring (bicyclic) bond motifs is 2. The molecule has 1 saturated heterocycles. The van der Waals surface area contributed by atoms with Gasteiger partial charge in [-0.2, -0.15) is 5.10 Å². The lowest BCUT2D eigenvalue weighted by Gasteiger charge is -2.26. The van der Waals surface area contributed by atoms with Crippen LogP contribution < -0.4 is 5.32 Å². The van der Waals surface area contributed by atoms with Gasteiger partial charge in [0.2, 0.25) is 0 Å². The summed E-state index contributed by atoms with van der Waals surface area (Å²) in [7, 11) is 0. The van der Waals surface area contributed by atoms with Crippen LogP contribution in [0.3, 0.4) is 0 Å². The number of aromatic nitrogens is 3. The molecule has 30 heavy (non-hydrogen) atoms. The highest BCUT2D eigenvalue weighted by atomic mass is 16.5. The maximum Gasteiger partial charge on any atom is 0.272 e. The van der Waals surface area contributed by atoms with E-state index in [0.717, 1.165) is 22.0 Å². The number of aliphatic hydroxyl groups excluding tert-OH is 1. The van der Waals surface area contributed by atoms with Gasteiger partial charge in [-0.1, -0.05) is 24.3 Å². The Labute approximate surface area is 172 Å². The average Bonchev–Trinajstić information content (AvgIpc) is 3.38. The first kappa shape index (κ1) is 18.7. The zero-order valence-electron chi connectivity index (χ0n) is 16.2. The topological polar surface area (TPSA) is 120 Å². The summed E-state index contributed by atoms with van der Waals surface area (Å²) in [5, 5.41) is 21.6. The van der Waals surface area contributed by atoms with E-state index in [1.54, 1.807) is 17.2 Å². The number of carbonyl (C=O) groups is 2. The molecule has 2 aromatic heterocycles. The molecule has 1 fully saturated rings. The van der Waals surface area contributed by atoms with Crippen molar-refractivity contribution in [3.05, 3.63) is 59.2 Å². The molecule has 9 heteroatoms. The van der Waals surface area contributed by atoms with Crippen LogP contribution in [0.1, 0.15) is 32.2 Å². The number of aromatic amines is 1. The van der Waals surface area contributed by atoms with Gasteiger partial charge < -0.3 is 20.1 Å². The van der Waals surface area contributed by atoms with E-state index in [1.807, 2.05) is 24.3 Å². The van der Waals surface area contributed by atoms with Crippen molar-refractivity contribution in [2.24, 2.45) is 0 Å². The molecule has 2 aliphatic heterocycles. The van der Waals surface area contributed by atoms with E-state index in [9.17, 15) is 14.7 Å². The van der Waals surface area contributed by atoms with Crippen LogP contribution in [0.15, 0.2) is 36.5 Å². The number of carbonyl (C=O) groups excluding carboxylic acids is 2. The quantitative estimate of drug-likeness (QED) is 0.586. The Hall–Kier alpha value is -3.30. The molecule has 3 N–H and O–H groups in total. The van der Waals surface area contributed by atoms with Gasteiger partial charge in [0.05, 0.1) is 37.6 Å². The SMILES string of the molecule is O=C(N[C@H]1COC[C@@H]1O)c1n[nH]c2c1CCN(C(=O)c1cc3ccccc3cn1)C2. The first-order valence-electron chi connectivity index (χ1n) is 9.87. The van der Waals surface area contributed by atoms with E-state index >= 15 is 0 Å². The van der Waals surface area contributed by atoms with E-state index < -0.39 is 12.1 Å². The lowest BCUT2D eigenvalue weighted by Crippen LogP contribution is -2.43. The lowest BCUT2D eigenvalue weighted by atomic mass is 10.0. The van der Waals surface area contributed by atoms with Crippen molar-refractivity contribution in [3.63, 3.8) is 0 Å². The monoisotopic (exact) mass is 407 g/mol. The normalized spacial score (nSPS) is 20.9. The van der Waals surface area contributed by atoms with E-state index in [-0.39, 0.29) is 25.0 Å². The smallest absolute Gasteiger partial charge is 0.272 e. The highest BCUT2D eigenvalue weighted by Gasteiger charge is 2.32. The molecule has 4 heterocycles. The van der Waals surface area contributed by atoms with Gasteiger partial charge in [-0.05, 0) is 17.9 Å². The number of benzene rings is 1. The van der Waals surface area contributed by atoms with E-state index in [4.69, 9.17) is 4.74 Å². The summed E-state index contributed by atoms with van der Waals surface area (Å²) in [6.07, 6.45) is 1.50. The molecule has 0 spiro atoms. The second-order valence-corrected chi connectivity index (χ2v) is 7.61. The maximum absolute atomic E-state index is 13.0. The van der Waals surface area contributed by atoms with Gasteiger partial charge in [0.25, 0.3) is 11.8 Å². The predicted octanol–water partition coefficient (Wildman–Crippen LogP) is 0.646. The van der Waals surface area contributed by atoms with Crippen molar-refractivity contribution in [2.45, 2.75) is 25.1 Å². The molecule has 5 rings (SSSR count). The maximum atomic E-state index is 13.0. The Kier molecular flexibility index (Phi) is 4.68. The van der Waals surface area contributed by atoms with Gasteiger partial charge in [0.15, 0.2) is 5.69 Å². The van der Waals surface area contributed by atoms with Crippen LogP contribution in [0.25, 0.3) is 10.8 Å². The minimum absolute atomic E-state index is 0.154. The number of hydrogen-bond acceptors (Lipinski definition) is 6. The molecule has 9 nitrogen and oxygen atoms in total. The van der Waals surface area contributed by atoms with Crippen LogP contribution in [0.2, 0.25) is 0 Å². The molecule has 0 aliphatic carbocycles. The molecule has 0 saturated carbocycles. The van der Waals surface area contributed by atoms with Crippen molar-refractivity contribution in [2.75, 3.05) is 19.8 Å². The molecule has 2 amide bonds. The summed E-state index contributed by atoms with van der Waals surface area (Å²) < 4.78 is 5.17. The highest BCUT2D eigenvalue weighted by molar-refractivity contribution is 5.97. The largest absolute Gasteiger partial charge is 0.388 e. The third-order valence-electron chi connectivity index (χ3n) is 5.65. The van der Waals surface area contributed by atoms with Gasteiger partial charge in [0.1, 0.15) is 5.69 Å². The van der Waals surface area contributed by atoms with Crippen molar-refractivity contribution in [1.82, 2.24) is 25.4 Å². The fraction of sp³-hybridized carbons (Fsp3) is 0.333. The van der Waals surface area contributed by atoms with Gasteiger partial charge in [-0.25, -0.2) is 0 Å². The third kappa shape index (κ3) is 3.31. The summed E-state index contributed by atoms with van der Waals surface area (Å²) in [6, 6.07) is 9.13. The van der Waals surface area contributed by atoms with Crippen molar-refractivity contribution in [3.8, 4) is 0 Å². The summed E-state index contributed by atoms with van der Waals surface area (Å²) in [5.41, 5.74) is 2.24. The Morgan fingerprint density at radius 1 is 1.23 bits per heavy atom. The lowest BCUT2D eigenvalue weighted by molar-refractivity contribution is 0.0726. The van der Waals surface area contributed by atoms with Crippen LogP contribution in [-0.4, -0.2) is 68.9 Å². The zero-order chi connectivity index (χ0) is 20.7. The zero-order valence-corrected chi connectivity index (χ0v) is 16.2. The molecule has 0 radical (unpaired) electrons. The molecule has 0 unspecified atom stereocenters. The van der Waals surface area contributed by atoms with Crippen LogP contribution in [0, 0.1) is 0 Å². The number of nitrogens with zero attached hydrogens (tertiary/aromatic N) is 3. The average molecular weight is 407 g/mol. The number of nitrogens with one attached hydrogen (secondary N) is 2. The first-order chi connectivity index (χ1) is 14.6. The summed E-state index contributed by atoms with van der Waals surface area (Å²) in [6.45, 7) is 1.29. The fourth-order valence-electron chi connectivity index (χ4n) is 3.96. The molecule has 2 aliphatic rings. The van der Waals surface area contributed by atoms with Crippen LogP contribution >= 0.6 is 0 Å². The molecule has 0 bridgehead atoms. The minimum atomic E-state index is -0.716. The fourth-order valence-corrected chi connectivity index (χ4v) is 3.96. The number of H-pyrrole nitrogens is 1. The summed E-state index contributed by atoms with van der Waals surface area (Å²) >= 11 is 0. The van der Waals surface area contributed by atoms with E-state index in [0.29, 0.717) is 30.9 Å². The van der Waals surface area contributed by atoms with E-state index in [1.165, 1.54) is 0 Å². The molecule has 1 aromatic carbocycles. The van der Waals surface area contributed by atoms with Crippen LogP contribution in [-0.2, 0) is 17.7 Å². The number of pyridine rings is 1. The van der Waals surface area contributed by atoms with Crippen molar-refractivity contribution < 1.29 is 19.4 Å². The van der Waals surface area contributed by atoms with Crippen LogP contribution in [0.4, 0.5) is 0 Å². The Bertz CT molecular complexity index is 1130. The second kappa shape index (κ2) is 7.51. The number of rotatable bonds is 3. The summed E-state index contributed by atoms with van der Waals surface area (Å²) in [5.74, 6) is -0.503. The molecule has 3 aromatic rings. The number of ether oxygens (including phenoxy) is 1. The second-order valence-electron chi connectivity index (χ2n) is 7.61. The third-order valence-corrected chi connectivity index (χ3v) is 5.65. The minimum Gasteiger partial charge on any atom is -0.388 e. The Morgan fingerprint density at radius 2 is 2.07 bits per heavy atom. The van der Waals surface area contributed by atoms with Gasteiger partial charge in [0, 0.05) is 23.7 Å². The van der Waals surface area contributed by atoms with Crippen molar-refractivity contribution >= 4 is 22.6 Å². The summed E-state index contributed by atoms with van der Waals surface area (Å²) in [4.78, 5) is 31.6. The Balaban J connectivity index is 1.31. The number of hydrogen-bond donors (Lipinski definition) is 3. The standard InChI is InChI=1S/C21H21N5O4/c27-18-11-30-10-17(18)23-20(28)19-14-5-6-26(9-16(14)24-25-19)21(29)15-7-12-3-1-2-4-13(12)8-22-15/h1-4,7-8,17-18,27H,5-6,9-11H2,(H,23,28)(H,24,25)/t17-,18-/m0/s1. The first-order valence-corrected chi connectivity index (χ1v) is 9.87. The highest BCUT2D eigenvalue weighted by Crippen LogP contribution is 2.23. The molecular weight excluding hydrogens is 386 g/mol. The number of amides is 2. The van der Waals surface area contributed by atoms with Gasteiger partial charge in [-0.3, -0.25) is 19.7 Å². The van der Waals surface area contributed by atoms with Gasteiger partial charge >= 0.3 is 0 Å². The Morgan fingerprint density at radius 3 is 2.87 bits per heavy atom. The molecule has 2 atom stereocenters.